The van der Waals surface area contributed by atoms with E-state index in [0.29, 0.717) is 11.8 Å². The molecule has 0 bridgehead atoms. The van der Waals surface area contributed by atoms with Crippen LogP contribution in [0.5, 0.6) is 5.75 Å². The van der Waals surface area contributed by atoms with Gasteiger partial charge in [0.15, 0.2) is 0 Å². The van der Waals surface area contributed by atoms with Crippen LogP contribution in [0, 0.1) is 0 Å². The Balaban J connectivity index is 1.48. The first kappa shape index (κ1) is 14.6. The average Bonchev–Trinajstić information content (AvgIpc) is 2.62. The Hall–Kier alpha value is -2.00. The lowest BCUT2D eigenvalue weighted by Gasteiger charge is -2.42. The summed E-state index contributed by atoms with van der Waals surface area (Å²) in [5.41, 5.74) is 4.04. The van der Waals surface area contributed by atoms with E-state index in [2.05, 4.69) is 34.1 Å². The minimum absolute atomic E-state index is 0.393. The molecule has 3 heteroatoms. The third-order valence-electron chi connectivity index (χ3n) is 5.32. The second-order valence-electron chi connectivity index (χ2n) is 6.62. The highest BCUT2D eigenvalue weighted by atomic mass is 16.3. The van der Waals surface area contributed by atoms with Gasteiger partial charge in [-0.15, -0.1) is 0 Å². The number of phenols is 1. The Bertz CT molecular complexity index is 677. The van der Waals surface area contributed by atoms with Crippen LogP contribution in [0.1, 0.15) is 30.0 Å². The van der Waals surface area contributed by atoms with Crippen molar-refractivity contribution >= 4 is 5.69 Å². The Labute approximate surface area is 138 Å². The molecule has 2 aliphatic rings. The Morgan fingerprint density at radius 1 is 0.870 bits per heavy atom. The summed E-state index contributed by atoms with van der Waals surface area (Å²) in [7, 11) is 0. The van der Waals surface area contributed by atoms with Crippen LogP contribution in [0.25, 0.3) is 0 Å². The predicted molar refractivity (Wildman–Crippen MR) is 94.0 cm³/mol. The van der Waals surface area contributed by atoms with Crippen molar-refractivity contribution in [3.63, 3.8) is 0 Å². The lowest BCUT2D eigenvalue weighted by atomic mass is 9.86. The first-order valence-corrected chi connectivity index (χ1v) is 8.68. The molecule has 0 radical (unpaired) electrons. The van der Waals surface area contributed by atoms with Crippen molar-refractivity contribution in [1.82, 2.24) is 4.90 Å². The van der Waals surface area contributed by atoms with E-state index in [4.69, 9.17) is 0 Å². The van der Waals surface area contributed by atoms with Crippen molar-refractivity contribution in [1.29, 1.82) is 0 Å². The molecule has 1 N–H and O–H groups in total. The van der Waals surface area contributed by atoms with Crippen LogP contribution in [-0.4, -0.2) is 36.2 Å². The molecule has 1 aliphatic heterocycles. The van der Waals surface area contributed by atoms with Gasteiger partial charge in [0.1, 0.15) is 5.75 Å². The molecule has 0 amide bonds. The Morgan fingerprint density at radius 3 is 2.43 bits per heavy atom. The fourth-order valence-corrected chi connectivity index (χ4v) is 4.11. The van der Waals surface area contributed by atoms with E-state index >= 15 is 0 Å². The van der Waals surface area contributed by atoms with Gasteiger partial charge in [0.25, 0.3) is 0 Å². The molecular formula is C20H24N2O. The van der Waals surface area contributed by atoms with Gasteiger partial charge in [-0.2, -0.15) is 0 Å². The number of anilines is 1. The lowest BCUT2D eigenvalue weighted by Crippen LogP contribution is -2.48. The molecule has 0 saturated carbocycles. The molecule has 2 aromatic rings. The lowest BCUT2D eigenvalue weighted by molar-refractivity contribution is 0.168. The van der Waals surface area contributed by atoms with Crippen LogP contribution in [-0.2, 0) is 6.42 Å². The normalized spacial score (nSPS) is 21.9. The van der Waals surface area contributed by atoms with Crippen molar-refractivity contribution in [2.24, 2.45) is 0 Å². The quantitative estimate of drug-likeness (QED) is 0.918. The number of aromatic hydroxyl groups is 1. The molecule has 4 rings (SSSR count). The van der Waals surface area contributed by atoms with Crippen molar-refractivity contribution in [2.45, 2.75) is 25.3 Å². The van der Waals surface area contributed by atoms with Gasteiger partial charge < -0.3 is 10.0 Å². The van der Waals surface area contributed by atoms with Gasteiger partial charge in [-0.25, -0.2) is 0 Å². The number of para-hydroxylation sites is 2. The SMILES string of the molecule is Oc1ccccc1N1CCN([C@H]2CCCc3ccccc32)CC1. The summed E-state index contributed by atoms with van der Waals surface area (Å²) in [6.45, 7) is 4.09. The van der Waals surface area contributed by atoms with E-state index in [1.165, 1.54) is 30.4 Å². The van der Waals surface area contributed by atoms with Gasteiger partial charge in [0.2, 0.25) is 0 Å². The monoisotopic (exact) mass is 308 g/mol. The van der Waals surface area contributed by atoms with E-state index in [1.807, 2.05) is 18.2 Å². The van der Waals surface area contributed by atoms with Crippen LogP contribution >= 0.6 is 0 Å². The minimum atomic E-state index is 0.393. The first-order valence-electron chi connectivity index (χ1n) is 8.68. The van der Waals surface area contributed by atoms with Crippen LogP contribution in [0.15, 0.2) is 48.5 Å². The second kappa shape index (κ2) is 6.25. The number of nitrogens with zero attached hydrogens (tertiary/aromatic N) is 2. The summed E-state index contributed by atoms with van der Waals surface area (Å²) >= 11 is 0. The van der Waals surface area contributed by atoms with E-state index in [9.17, 15) is 5.11 Å². The largest absolute Gasteiger partial charge is 0.506 e. The molecule has 23 heavy (non-hydrogen) atoms. The van der Waals surface area contributed by atoms with Crippen molar-refractivity contribution in [3.8, 4) is 5.75 Å². The summed E-state index contributed by atoms with van der Waals surface area (Å²) in [6, 6.07) is 17.2. The van der Waals surface area contributed by atoms with Crippen LogP contribution < -0.4 is 4.90 Å². The smallest absolute Gasteiger partial charge is 0.138 e. The second-order valence-corrected chi connectivity index (χ2v) is 6.62. The molecule has 1 aliphatic carbocycles. The van der Waals surface area contributed by atoms with Crippen LogP contribution in [0.3, 0.4) is 0 Å². The van der Waals surface area contributed by atoms with Gasteiger partial charge in [0, 0.05) is 32.2 Å². The number of hydrogen-bond donors (Lipinski definition) is 1. The Kier molecular flexibility index (Phi) is 3.96. The van der Waals surface area contributed by atoms with Crippen LogP contribution in [0.2, 0.25) is 0 Å². The number of rotatable bonds is 2. The van der Waals surface area contributed by atoms with Gasteiger partial charge >= 0.3 is 0 Å². The number of hydrogen-bond acceptors (Lipinski definition) is 3. The molecule has 0 aromatic heterocycles. The highest BCUT2D eigenvalue weighted by Crippen LogP contribution is 2.35. The highest BCUT2D eigenvalue weighted by molar-refractivity contribution is 5.57. The minimum Gasteiger partial charge on any atom is -0.506 e. The van der Waals surface area contributed by atoms with Gasteiger partial charge in [-0.05, 0) is 42.5 Å². The maximum atomic E-state index is 10.1. The van der Waals surface area contributed by atoms with Crippen molar-refractivity contribution < 1.29 is 5.11 Å². The molecule has 120 valence electrons. The predicted octanol–water partition coefficient (Wildman–Crippen LogP) is 3.59. The molecule has 1 saturated heterocycles. The van der Waals surface area contributed by atoms with E-state index in [-0.39, 0.29) is 0 Å². The number of phenolic OH excluding ortho intramolecular Hbond substituents is 1. The highest BCUT2D eigenvalue weighted by Gasteiger charge is 2.28. The summed E-state index contributed by atoms with van der Waals surface area (Å²) in [5.74, 6) is 0.393. The molecule has 1 heterocycles. The summed E-state index contributed by atoms with van der Waals surface area (Å²) in [4.78, 5) is 4.94. The average molecular weight is 308 g/mol. The third-order valence-corrected chi connectivity index (χ3v) is 5.32. The van der Waals surface area contributed by atoms with Gasteiger partial charge in [-0.3, -0.25) is 4.90 Å². The van der Waals surface area contributed by atoms with E-state index in [0.717, 1.165) is 31.9 Å². The molecule has 0 unspecified atom stereocenters. The zero-order chi connectivity index (χ0) is 15.6. The standard InChI is InChI=1S/C20H24N2O/c23-20-11-4-3-9-19(20)22-14-12-21(13-15-22)18-10-5-7-16-6-1-2-8-17(16)18/h1-4,6,8-9,11,18,23H,5,7,10,12-15H2/t18-/m0/s1. The molecule has 0 spiro atoms. The summed E-state index contributed by atoms with van der Waals surface area (Å²) in [5, 5.41) is 10.1. The zero-order valence-corrected chi connectivity index (χ0v) is 13.5. The number of piperazine rings is 1. The zero-order valence-electron chi connectivity index (χ0n) is 13.5. The maximum Gasteiger partial charge on any atom is 0.138 e. The Morgan fingerprint density at radius 2 is 1.61 bits per heavy atom. The molecule has 1 atom stereocenters. The van der Waals surface area contributed by atoms with Gasteiger partial charge in [0.05, 0.1) is 5.69 Å². The number of benzene rings is 2. The molecule has 1 fully saturated rings. The van der Waals surface area contributed by atoms with E-state index < -0.39 is 0 Å². The topological polar surface area (TPSA) is 26.7 Å². The summed E-state index contributed by atoms with van der Waals surface area (Å²) < 4.78 is 0. The van der Waals surface area contributed by atoms with E-state index in [1.54, 1.807) is 6.07 Å². The number of aryl methyl sites for hydroxylation is 1. The fourth-order valence-electron chi connectivity index (χ4n) is 4.11. The van der Waals surface area contributed by atoms with Crippen molar-refractivity contribution in [3.05, 3.63) is 59.7 Å². The van der Waals surface area contributed by atoms with Crippen LogP contribution in [0.4, 0.5) is 5.69 Å². The van der Waals surface area contributed by atoms with Gasteiger partial charge in [-0.1, -0.05) is 36.4 Å². The third kappa shape index (κ3) is 2.81. The molecule has 2 aromatic carbocycles. The maximum absolute atomic E-state index is 10.1. The number of fused-ring (bicyclic) bond motifs is 1. The molecular weight excluding hydrogens is 284 g/mol. The fraction of sp³-hybridized carbons (Fsp3) is 0.400. The first-order chi connectivity index (χ1) is 11.3. The summed E-state index contributed by atoms with van der Waals surface area (Å²) in [6.07, 6.45) is 3.79. The van der Waals surface area contributed by atoms with Crippen molar-refractivity contribution in [2.75, 3.05) is 31.1 Å². The molecule has 3 nitrogen and oxygen atoms in total.